The first-order valence-corrected chi connectivity index (χ1v) is 27.8. The van der Waals surface area contributed by atoms with Crippen molar-refractivity contribution in [3.8, 4) is 0 Å². The van der Waals surface area contributed by atoms with Gasteiger partial charge in [0.25, 0.3) is 0 Å². The number of carbonyl (C=O) groups excluding carboxylic acids is 3. The van der Waals surface area contributed by atoms with E-state index in [-0.39, 0.29) is 41.6 Å². The van der Waals surface area contributed by atoms with Crippen molar-refractivity contribution in [1.82, 2.24) is 30.2 Å². The van der Waals surface area contributed by atoms with E-state index in [9.17, 15) is 57.9 Å². The summed E-state index contributed by atoms with van der Waals surface area (Å²) in [5.41, 5.74) is 4.29. The molecule has 0 aliphatic carbocycles. The molecule has 382 valence electrons. The van der Waals surface area contributed by atoms with Crippen molar-refractivity contribution in [2.45, 2.75) is 148 Å². The number of nitrogen functional groups attached to an aromatic ring is 1. The molecule has 7 unspecified atom stereocenters. The van der Waals surface area contributed by atoms with E-state index in [0.29, 0.717) is 12.2 Å². The summed E-state index contributed by atoms with van der Waals surface area (Å²) in [6, 6.07) is 0. The Morgan fingerprint density at radius 1 is 0.896 bits per heavy atom. The Morgan fingerprint density at radius 2 is 1.52 bits per heavy atom. The number of amides is 2. The quantitative estimate of drug-likeness (QED) is 0.0260. The molecule has 0 bridgehead atoms. The number of phosphoric acid groups is 3. The van der Waals surface area contributed by atoms with Crippen LogP contribution in [0.2, 0.25) is 0 Å². The molecule has 0 radical (unpaired) electrons. The Balaban J connectivity index is 1.30. The number of ether oxygens (including phenoxy) is 1. The van der Waals surface area contributed by atoms with Gasteiger partial charge >= 0.3 is 23.5 Å². The number of aliphatic hydroxyl groups excluding tert-OH is 2. The Kier molecular flexibility index (Phi) is 25.2. The molecule has 67 heavy (non-hydrogen) atoms. The van der Waals surface area contributed by atoms with Crippen molar-refractivity contribution >= 4 is 69.1 Å². The highest BCUT2D eigenvalue weighted by Gasteiger charge is 2.50. The Morgan fingerprint density at radius 3 is 2.18 bits per heavy atom. The molecule has 3 heterocycles. The lowest BCUT2D eigenvalue weighted by Crippen LogP contribution is -2.46. The van der Waals surface area contributed by atoms with Crippen LogP contribution in [0.25, 0.3) is 11.2 Å². The standard InChI is InChI=1S/C39H68N7O17P3S/c1-4-5-6-7-8-9-10-11-12-13-14-15-16-17-18-19-30(48)67-23-22-41-29(47)20-21-42-37(51)34(50)39(2,3)25-60-66(57,58)63-65(55,56)59-24-28-33(62-64(52,53)54)32(49)38(61-28)46-27-45-31-35(40)43-26-44-36(31)46/h7-8,26-28,32-34,38,49-50H,4-6,9-25H2,1-3H3,(H,41,47)(H,42,51)(H,55,56)(H,57,58)(H2,40,43,44)(H2,52,53,54)/b8-7+. The smallest absolute Gasteiger partial charge is 0.386 e. The normalized spacial score (nSPS) is 20.2. The number of rotatable bonds is 34. The number of aliphatic hydroxyl groups is 2. The van der Waals surface area contributed by atoms with E-state index in [1.54, 1.807) is 0 Å². The zero-order chi connectivity index (χ0) is 49.7. The monoisotopic (exact) mass is 1030 g/mol. The van der Waals surface area contributed by atoms with Crippen molar-refractivity contribution in [2.24, 2.45) is 5.41 Å². The second-order valence-electron chi connectivity index (χ2n) is 16.6. The van der Waals surface area contributed by atoms with E-state index in [4.69, 9.17) is 19.5 Å². The van der Waals surface area contributed by atoms with Crippen LogP contribution in [-0.2, 0) is 50.7 Å². The van der Waals surface area contributed by atoms with Gasteiger partial charge in [0, 0.05) is 37.1 Å². The van der Waals surface area contributed by atoms with E-state index in [1.807, 2.05) is 0 Å². The van der Waals surface area contributed by atoms with E-state index in [1.165, 1.54) is 78.1 Å². The van der Waals surface area contributed by atoms with Crippen molar-refractivity contribution in [3.05, 3.63) is 24.8 Å². The summed E-state index contributed by atoms with van der Waals surface area (Å²) >= 11 is 1.15. The van der Waals surface area contributed by atoms with Crippen LogP contribution in [0.4, 0.5) is 5.82 Å². The van der Waals surface area contributed by atoms with Crippen LogP contribution in [0.1, 0.15) is 123 Å². The molecule has 0 spiro atoms. The molecule has 3 rings (SSSR count). The predicted molar refractivity (Wildman–Crippen MR) is 247 cm³/mol. The molecule has 2 aromatic rings. The number of fused-ring (bicyclic) bond motifs is 1. The molecular formula is C39H68N7O17P3S. The Hall–Kier alpha value is -2.70. The van der Waals surface area contributed by atoms with Gasteiger partial charge in [-0.1, -0.05) is 102 Å². The second-order valence-corrected chi connectivity index (χ2v) is 22.0. The van der Waals surface area contributed by atoms with Gasteiger partial charge in [0.15, 0.2) is 22.8 Å². The topological polar surface area (TPSA) is 364 Å². The van der Waals surface area contributed by atoms with Crippen LogP contribution in [0.15, 0.2) is 24.8 Å². The minimum Gasteiger partial charge on any atom is -0.386 e. The lowest BCUT2D eigenvalue weighted by atomic mass is 9.87. The highest BCUT2D eigenvalue weighted by atomic mass is 32.2. The van der Waals surface area contributed by atoms with Crippen LogP contribution in [0.3, 0.4) is 0 Å². The number of imidazole rings is 1. The number of phosphoric ester groups is 3. The zero-order valence-corrected chi connectivity index (χ0v) is 41.6. The summed E-state index contributed by atoms with van der Waals surface area (Å²) in [6.07, 6.45) is 13.4. The third-order valence-corrected chi connectivity index (χ3v) is 14.4. The Labute approximate surface area is 394 Å². The highest BCUT2D eigenvalue weighted by Crippen LogP contribution is 2.61. The number of anilines is 1. The van der Waals surface area contributed by atoms with Crippen molar-refractivity contribution in [2.75, 3.05) is 37.8 Å². The fraction of sp³-hybridized carbons (Fsp3) is 0.744. The number of nitrogens with zero attached hydrogens (tertiary/aromatic N) is 4. The minimum absolute atomic E-state index is 0.0333. The highest BCUT2D eigenvalue weighted by molar-refractivity contribution is 8.13. The summed E-state index contributed by atoms with van der Waals surface area (Å²) in [5.74, 6) is -1.03. The predicted octanol–water partition coefficient (Wildman–Crippen LogP) is 4.70. The van der Waals surface area contributed by atoms with Crippen LogP contribution < -0.4 is 16.4 Å². The Bertz CT molecular complexity index is 2040. The number of hydrogen-bond acceptors (Lipinski definition) is 18. The number of aromatic nitrogens is 4. The third-order valence-electron chi connectivity index (χ3n) is 10.4. The number of carbonyl (C=O) groups is 3. The maximum Gasteiger partial charge on any atom is 0.481 e. The van der Waals surface area contributed by atoms with E-state index in [0.717, 1.165) is 48.2 Å². The van der Waals surface area contributed by atoms with Crippen molar-refractivity contribution < 1.29 is 80.5 Å². The molecule has 1 saturated heterocycles. The maximum atomic E-state index is 12.7. The molecule has 10 N–H and O–H groups in total. The van der Waals surface area contributed by atoms with Gasteiger partial charge in [-0.3, -0.25) is 32.5 Å². The van der Waals surface area contributed by atoms with Crippen LogP contribution in [0.5, 0.6) is 0 Å². The lowest BCUT2D eigenvalue weighted by molar-refractivity contribution is -0.137. The van der Waals surface area contributed by atoms with Crippen molar-refractivity contribution in [1.29, 1.82) is 0 Å². The molecule has 2 amide bonds. The van der Waals surface area contributed by atoms with E-state index < -0.39 is 84.6 Å². The molecule has 7 atom stereocenters. The van der Waals surface area contributed by atoms with Crippen LogP contribution in [0, 0.1) is 5.41 Å². The number of unbranched alkanes of at least 4 members (excludes halogenated alkanes) is 11. The fourth-order valence-electron chi connectivity index (χ4n) is 6.69. The number of nitrogens with two attached hydrogens (primary N) is 1. The molecule has 1 aliphatic heterocycles. The van der Waals surface area contributed by atoms with Gasteiger partial charge < -0.3 is 50.9 Å². The fourth-order valence-corrected chi connectivity index (χ4v) is 10.2. The summed E-state index contributed by atoms with van der Waals surface area (Å²) in [6.45, 7) is 2.78. The van der Waals surface area contributed by atoms with Gasteiger partial charge in [0.05, 0.1) is 19.5 Å². The van der Waals surface area contributed by atoms with Crippen LogP contribution >= 0.6 is 35.2 Å². The number of thioether (sulfide) groups is 1. The molecule has 1 aliphatic rings. The summed E-state index contributed by atoms with van der Waals surface area (Å²) in [5, 5.41) is 26.7. The number of hydrogen-bond donors (Lipinski definition) is 9. The first-order valence-electron chi connectivity index (χ1n) is 22.3. The molecular weight excluding hydrogens is 963 g/mol. The van der Waals surface area contributed by atoms with Crippen LogP contribution in [-0.4, -0.2) is 123 Å². The third kappa shape index (κ3) is 21.9. The van der Waals surface area contributed by atoms with Gasteiger partial charge in [-0.15, -0.1) is 0 Å². The summed E-state index contributed by atoms with van der Waals surface area (Å²) in [7, 11) is -16.4. The average Bonchev–Trinajstić information content (AvgIpc) is 3.81. The average molecular weight is 1030 g/mol. The zero-order valence-electron chi connectivity index (χ0n) is 38.1. The molecule has 0 saturated carbocycles. The molecule has 1 fully saturated rings. The minimum atomic E-state index is -5.57. The molecule has 2 aromatic heterocycles. The largest absolute Gasteiger partial charge is 0.481 e. The molecule has 28 heteroatoms. The summed E-state index contributed by atoms with van der Waals surface area (Å²) in [4.78, 5) is 88.4. The van der Waals surface area contributed by atoms with Crippen molar-refractivity contribution in [3.63, 3.8) is 0 Å². The first-order chi connectivity index (χ1) is 31.6. The lowest BCUT2D eigenvalue weighted by Gasteiger charge is -2.30. The van der Waals surface area contributed by atoms with Gasteiger partial charge in [0.2, 0.25) is 11.8 Å². The maximum absolute atomic E-state index is 12.7. The van der Waals surface area contributed by atoms with Gasteiger partial charge in [-0.05, 0) is 25.7 Å². The van der Waals surface area contributed by atoms with E-state index >= 15 is 0 Å². The number of allylic oxidation sites excluding steroid dienone is 2. The second kappa shape index (κ2) is 28.8. The SMILES string of the molecule is CCCC/C=C/CCCCCCCCCCCC(=O)SCCNC(=O)CCNC(=O)C(O)C(C)(C)COP(=O)(O)OP(=O)(O)OCC1OC(n2cnc3c(N)ncnc32)C(O)C1OP(=O)(O)O. The first kappa shape index (κ1) is 58.6. The molecule has 0 aromatic carbocycles. The summed E-state index contributed by atoms with van der Waals surface area (Å²) < 4.78 is 62.4. The number of nitrogens with one attached hydrogen (secondary N) is 2. The molecule has 24 nitrogen and oxygen atoms in total. The van der Waals surface area contributed by atoms with E-state index in [2.05, 4.69) is 53.5 Å². The van der Waals surface area contributed by atoms with Gasteiger partial charge in [-0.2, -0.15) is 4.31 Å². The van der Waals surface area contributed by atoms with Gasteiger partial charge in [0.1, 0.15) is 36.3 Å². The van der Waals surface area contributed by atoms with Gasteiger partial charge in [-0.25, -0.2) is 28.6 Å².